The molecule has 0 bridgehead atoms. The Morgan fingerprint density at radius 3 is 1.48 bits per heavy atom. The number of unbranched alkanes of at least 4 members (excludes halogenated alkanes) is 6. The van der Waals surface area contributed by atoms with E-state index in [1.54, 1.807) is 21.3 Å². The van der Waals surface area contributed by atoms with Crippen LogP contribution in [0.2, 0.25) is 0 Å². The van der Waals surface area contributed by atoms with Gasteiger partial charge in [0.05, 0.1) is 0 Å². The highest BCUT2D eigenvalue weighted by Gasteiger charge is 1.99. The zero-order valence-corrected chi connectivity index (χ0v) is 16.8. The number of aliphatic imine (C=N–C) groups is 1. The number of methoxy groups -OCH3 is 3. The van der Waals surface area contributed by atoms with Crippen molar-refractivity contribution in [3.8, 4) is 0 Å². The molecule has 25 heavy (non-hydrogen) atoms. The Morgan fingerprint density at radius 1 is 0.600 bits per heavy atom. The molecule has 0 heterocycles. The van der Waals surface area contributed by atoms with Gasteiger partial charge in [0.15, 0.2) is 5.96 Å². The lowest BCUT2D eigenvalue weighted by molar-refractivity contribution is 0.192. The molecule has 6 nitrogen and oxygen atoms in total. The molecule has 0 aromatic rings. The highest BCUT2D eigenvalue weighted by molar-refractivity contribution is 5.79. The van der Waals surface area contributed by atoms with Crippen LogP contribution in [0.5, 0.6) is 0 Å². The molecule has 0 saturated carbocycles. The minimum atomic E-state index is 0.843. The van der Waals surface area contributed by atoms with Crippen molar-refractivity contribution in [1.82, 2.24) is 10.6 Å². The Bertz CT molecular complexity index is 271. The monoisotopic (exact) mass is 359 g/mol. The molecule has 150 valence electrons. The van der Waals surface area contributed by atoms with Crippen molar-refractivity contribution in [2.75, 3.05) is 60.8 Å². The maximum atomic E-state index is 5.08. The molecular formula is C19H41N3O3. The fourth-order valence-corrected chi connectivity index (χ4v) is 2.41. The summed E-state index contributed by atoms with van der Waals surface area (Å²) in [5.74, 6) is 0.949. The minimum Gasteiger partial charge on any atom is -0.385 e. The van der Waals surface area contributed by atoms with Crippen molar-refractivity contribution in [1.29, 1.82) is 0 Å². The van der Waals surface area contributed by atoms with Gasteiger partial charge >= 0.3 is 0 Å². The summed E-state index contributed by atoms with van der Waals surface area (Å²) >= 11 is 0. The number of ether oxygens (including phenoxy) is 3. The molecule has 0 saturated heterocycles. The quantitative estimate of drug-likeness (QED) is 0.224. The smallest absolute Gasteiger partial charge is 0.191 e. The van der Waals surface area contributed by atoms with E-state index in [0.29, 0.717) is 0 Å². The molecule has 0 aliphatic rings. The van der Waals surface area contributed by atoms with Gasteiger partial charge in [-0.15, -0.1) is 0 Å². The standard InChI is InChI=1S/C19H41N3O3/c1-23-16-10-4-7-13-20-19(21-14-8-5-11-17-24-2)22-15-9-6-12-18-25-3/h4-18H2,1-3H3,(H2,20,21,22). The van der Waals surface area contributed by atoms with Crippen LogP contribution in [-0.4, -0.2) is 66.7 Å². The number of hydrogen-bond acceptors (Lipinski definition) is 4. The maximum absolute atomic E-state index is 5.08. The van der Waals surface area contributed by atoms with Crippen LogP contribution in [-0.2, 0) is 14.2 Å². The van der Waals surface area contributed by atoms with E-state index in [4.69, 9.17) is 19.2 Å². The van der Waals surface area contributed by atoms with Gasteiger partial charge in [-0.3, -0.25) is 4.99 Å². The van der Waals surface area contributed by atoms with Crippen LogP contribution in [0.15, 0.2) is 4.99 Å². The first-order chi connectivity index (χ1) is 12.3. The fraction of sp³-hybridized carbons (Fsp3) is 0.947. The summed E-state index contributed by atoms with van der Waals surface area (Å²) in [6.07, 6.45) is 10.3. The molecule has 0 aliphatic heterocycles. The van der Waals surface area contributed by atoms with Crippen molar-refractivity contribution in [3.05, 3.63) is 0 Å². The van der Waals surface area contributed by atoms with Gasteiger partial charge in [0, 0.05) is 60.8 Å². The predicted molar refractivity (Wildman–Crippen MR) is 105 cm³/mol. The van der Waals surface area contributed by atoms with E-state index in [1.807, 2.05) is 0 Å². The van der Waals surface area contributed by atoms with E-state index in [9.17, 15) is 0 Å². The maximum Gasteiger partial charge on any atom is 0.191 e. The Balaban J connectivity index is 3.90. The lowest BCUT2D eigenvalue weighted by atomic mass is 10.2. The van der Waals surface area contributed by atoms with Crippen LogP contribution in [0, 0.1) is 0 Å². The number of guanidine groups is 1. The Hall–Kier alpha value is -0.850. The van der Waals surface area contributed by atoms with Crippen LogP contribution < -0.4 is 10.6 Å². The molecule has 0 unspecified atom stereocenters. The zero-order valence-electron chi connectivity index (χ0n) is 16.8. The van der Waals surface area contributed by atoms with E-state index in [-0.39, 0.29) is 0 Å². The number of hydrogen-bond donors (Lipinski definition) is 2. The Morgan fingerprint density at radius 2 is 1.04 bits per heavy atom. The van der Waals surface area contributed by atoms with Crippen LogP contribution in [0.3, 0.4) is 0 Å². The molecule has 2 N–H and O–H groups in total. The SMILES string of the molecule is COCCCCCN=C(NCCCCCOC)NCCCCCOC. The van der Waals surface area contributed by atoms with E-state index < -0.39 is 0 Å². The third kappa shape index (κ3) is 19.3. The molecular weight excluding hydrogens is 318 g/mol. The second-order valence-corrected chi connectivity index (χ2v) is 6.24. The first-order valence-electron chi connectivity index (χ1n) is 9.84. The molecule has 0 amide bonds. The highest BCUT2D eigenvalue weighted by Crippen LogP contribution is 1.97. The third-order valence-electron chi connectivity index (χ3n) is 3.91. The van der Waals surface area contributed by atoms with Crippen molar-refractivity contribution in [3.63, 3.8) is 0 Å². The van der Waals surface area contributed by atoms with Crippen molar-refractivity contribution < 1.29 is 14.2 Å². The largest absolute Gasteiger partial charge is 0.385 e. The summed E-state index contributed by atoms with van der Waals surface area (Å²) in [6.45, 7) is 5.33. The summed E-state index contributed by atoms with van der Waals surface area (Å²) in [4.78, 5) is 4.69. The van der Waals surface area contributed by atoms with Crippen LogP contribution in [0.4, 0.5) is 0 Å². The van der Waals surface area contributed by atoms with Crippen LogP contribution in [0.1, 0.15) is 57.8 Å². The van der Waals surface area contributed by atoms with Crippen LogP contribution in [0.25, 0.3) is 0 Å². The van der Waals surface area contributed by atoms with Gasteiger partial charge in [-0.1, -0.05) is 0 Å². The molecule has 0 spiro atoms. The van der Waals surface area contributed by atoms with Gasteiger partial charge in [0.2, 0.25) is 0 Å². The molecule has 0 aliphatic carbocycles. The molecule has 0 aromatic heterocycles. The predicted octanol–water partition coefficient (Wildman–Crippen LogP) is 2.97. The van der Waals surface area contributed by atoms with Gasteiger partial charge in [-0.2, -0.15) is 0 Å². The topological polar surface area (TPSA) is 64.1 Å². The van der Waals surface area contributed by atoms with Gasteiger partial charge in [-0.25, -0.2) is 0 Å². The summed E-state index contributed by atoms with van der Waals surface area (Å²) < 4.78 is 15.2. The Labute approximate surface area is 155 Å². The van der Waals surface area contributed by atoms with Crippen molar-refractivity contribution in [2.45, 2.75) is 57.8 Å². The second kappa shape index (κ2) is 21.2. The number of nitrogens with one attached hydrogen (secondary N) is 2. The zero-order chi connectivity index (χ0) is 18.4. The third-order valence-corrected chi connectivity index (χ3v) is 3.91. The average molecular weight is 360 g/mol. The van der Waals surface area contributed by atoms with E-state index in [2.05, 4.69) is 10.6 Å². The van der Waals surface area contributed by atoms with Gasteiger partial charge in [-0.05, 0) is 57.8 Å². The fourth-order valence-electron chi connectivity index (χ4n) is 2.41. The van der Waals surface area contributed by atoms with Gasteiger partial charge in [0.25, 0.3) is 0 Å². The average Bonchev–Trinajstić information content (AvgIpc) is 2.63. The molecule has 0 atom stereocenters. The van der Waals surface area contributed by atoms with E-state index in [1.165, 1.54) is 19.3 Å². The second-order valence-electron chi connectivity index (χ2n) is 6.24. The highest BCUT2D eigenvalue weighted by atomic mass is 16.5. The molecule has 0 rings (SSSR count). The first-order valence-corrected chi connectivity index (χ1v) is 9.84. The lowest BCUT2D eigenvalue weighted by Gasteiger charge is -2.13. The first kappa shape index (κ1) is 24.1. The van der Waals surface area contributed by atoms with Gasteiger partial charge < -0.3 is 24.8 Å². The summed E-state index contributed by atoms with van der Waals surface area (Å²) in [5.41, 5.74) is 0. The lowest BCUT2D eigenvalue weighted by Crippen LogP contribution is -2.38. The molecule has 6 heteroatoms. The normalized spacial score (nSPS) is 10.7. The van der Waals surface area contributed by atoms with E-state index in [0.717, 1.165) is 83.9 Å². The van der Waals surface area contributed by atoms with Crippen molar-refractivity contribution in [2.24, 2.45) is 4.99 Å². The van der Waals surface area contributed by atoms with Crippen LogP contribution >= 0.6 is 0 Å². The number of nitrogens with zero attached hydrogens (tertiary/aromatic N) is 1. The molecule has 0 fully saturated rings. The van der Waals surface area contributed by atoms with Crippen molar-refractivity contribution >= 4 is 5.96 Å². The van der Waals surface area contributed by atoms with Gasteiger partial charge in [0.1, 0.15) is 0 Å². The summed E-state index contributed by atoms with van der Waals surface area (Å²) in [5, 5.41) is 6.90. The molecule has 0 aromatic carbocycles. The molecule has 0 radical (unpaired) electrons. The summed E-state index contributed by atoms with van der Waals surface area (Å²) in [6, 6.07) is 0. The van der Waals surface area contributed by atoms with E-state index >= 15 is 0 Å². The minimum absolute atomic E-state index is 0.843. The summed E-state index contributed by atoms with van der Waals surface area (Å²) in [7, 11) is 5.27. The number of rotatable bonds is 18. The Kier molecular flexibility index (Phi) is 20.5.